The van der Waals surface area contributed by atoms with Gasteiger partial charge in [-0.15, -0.1) is 0 Å². The van der Waals surface area contributed by atoms with Gasteiger partial charge in [-0.3, -0.25) is 9.69 Å². The molecule has 0 aromatic rings. The molecule has 12 heavy (non-hydrogen) atoms. The van der Waals surface area contributed by atoms with Crippen LogP contribution in [0.4, 0.5) is 0 Å². The minimum absolute atomic E-state index is 0.0179. The fraction of sp³-hybridized carbons (Fsp3) is 0.875. The lowest BCUT2D eigenvalue weighted by molar-refractivity contribution is -0.130. The molecule has 1 aliphatic heterocycles. The Kier molecular flexibility index (Phi) is 2.02. The minimum Gasteiger partial charge on any atom is -0.394 e. The lowest BCUT2D eigenvalue weighted by Crippen LogP contribution is -2.57. The summed E-state index contributed by atoms with van der Waals surface area (Å²) in [6.45, 7) is 1.57. The van der Waals surface area contributed by atoms with Gasteiger partial charge in [0.05, 0.1) is 6.61 Å². The van der Waals surface area contributed by atoms with Gasteiger partial charge in [-0.2, -0.15) is 0 Å². The molecule has 0 aromatic carbocycles. The molecular weight excluding hydrogens is 156 g/mol. The van der Waals surface area contributed by atoms with Crippen LogP contribution in [0.2, 0.25) is 0 Å². The van der Waals surface area contributed by atoms with E-state index < -0.39 is 0 Å². The molecule has 0 bridgehead atoms. The van der Waals surface area contributed by atoms with Gasteiger partial charge in [0.25, 0.3) is 0 Å². The normalized spacial score (nSPS) is 31.8. The topological polar surface area (TPSA) is 52.6 Å². The molecule has 4 heteroatoms. The standard InChI is InChI=1S/C8H14N2O2/c11-5-7-8(12)9-3-4-10(7)6-1-2-6/h6-7,11H,1-5H2,(H,9,12). The summed E-state index contributed by atoms with van der Waals surface area (Å²) in [6, 6.07) is 0.277. The molecule has 2 N–H and O–H groups in total. The lowest BCUT2D eigenvalue weighted by Gasteiger charge is -2.33. The summed E-state index contributed by atoms with van der Waals surface area (Å²) in [6.07, 6.45) is 2.37. The number of rotatable bonds is 2. The number of aliphatic hydroxyl groups is 1. The van der Waals surface area contributed by atoms with Gasteiger partial charge >= 0.3 is 0 Å². The molecule has 2 fully saturated rings. The second kappa shape index (κ2) is 3.03. The zero-order valence-electron chi connectivity index (χ0n) is 6.99. The molecule has 0 aromatic heterocycles. The second-order valence-corrected chi connectivity index (χ2v) is 3.46. The third kappa shape index (κ3) is 1.32. The van der Waals surface area contributed by atoms with Gasteiger partial charge in [0, 0.05) is 19.1 Å². The van der Waals surface area contributed by atoms with Crippen LogP contribution >= 0.6 is 0 Å². The first-order valence-corrected chi connectivity index (χ1v) is 4.47. The highest BCUT2D eigenvalue weighted by atomic mass is 16.3. The zero-order valence-corrected chi connectivity index (χ0v) is 6.99. The predicted molar refractivity (Wildman–Crippen MR) is 43.6 cm³/mol. The van der Waals surface area contributed by atoms with Gasteiger partial charge in [0.1, 0.15) is 6.04 Å². The van der Waals surface area contributed by atoms with Crippen LogP contribution in [-0.4, -0.2) is 47.7 Å². The van der Waals surface area contributed by atoms with Crippen LogP contribution in [0.5, 0.6) is 0 Å². The number of nitrogens with zero attached hydrogens (tertiary/aromatic N) is 1. The molecule has 68 valence electrons. The summed E-state index contributed by atoms with van der Waals surface area (Å²) in [5, 5.41) is 11.8. The van der Waals surface area contributed by atoms with Crippen LogP contribution in [0, 0.1) is 0 Å². The van der Waals surface area contributed by atoms with E-state index in [1.54, 1.807) is 0 Å². The second-order valence-electron chi connectivity index (χ2n) is 3.46. The largest absolute Gasteiger partial charge is 0.394 e. The molecule has 1 atom stereocenters. The number of carbonyl (C=O) groups excluding carboxylic acids is 1. The maximum atomic E-state index is 11.3. The fourth-order valence-electron chi connectivity index (χ4n) is 1.76. The Morgan fingerprint density at radius 2 is 2.33 bits per heavy atom. The average molecular weight is 170 g/mol. The monoisotopic (exact) mass is 170 g/mol. The van der Waals surface area contributed by atoms with E-state index in [2.05, 4.69) is 10.2 Å². The number of nitrogens with one attached hydrogen (secondary N) is 1. The smallest absolute Gasteiger partial charge is 0.239 e. The van der Waals surface area contributed by atoms with E-state index in [0.717, 1.165) is 13.1 Å². The van der Waals surface area contributed by atoms with E-state index in [9.17, 15) is 4.79 Å². The van der Waals surface area contributed by atoms with Gasteiger partial charge in [-0.05, 0) is 12.8 Å². The summed E-state index contributed by atoms with van der Waals surface area (Å²) in [5.41, 5.74) is 0. The maximum absolute atomic E-state index is 11.3. The van der Waals surface area contributed by atoms with Crippen LogP contribution in [-0.2, 0) is 4.79 Å². The fourth-order valence-corrected chi connectivity index (χ4v) is 1.76. The zero-order chi connectivity index (χ0) is 8.55. The summed E-state index contributed by atoms with van der Waals surface area (Å²) in [4.78, 5) is 13.4. The molecule has 0 radical (unpaired) electrons. The van der Waals surface area contributed by atoms with Gasteiger partial charge in [-0.25, -0.2) is 0 Å². The Morgan fingerprint density at radius 1 is 1.58 bits per heavy atom. The Hall–Kier alpha value is -0.610. The predicted octanol–water partition coefficient (Wildman–Crippen LogP) is -1.06. The highest BCUT2D eigenvalue weighted by Crippen LogP contribution is 2.29. The molecule has 1 heterocycles. The van der Waals surface area contributed by atoms with E-state index in [1.807, 2.05) is 0 Å². The minimum atomic E-state index is -0.286. The molecule has 2 aliphatic rings. The van der Waals surface area contributed by atoms with E-state index >= 15 is 0 Å². The number of aliphatic hydroxyl groups excluding tert-OH is 1. The molecule has 4 nitrogen and oxygen atoms in total. The average Bonchev–Trinajstić information content (AvgIpc) is 2.86. The number of amides is 1. The highest BCUT2D eigenvalue weighted by Gasteiger charge is 2.38. The van der Waals surface area contributed by atoms with Crippen molar-refractivity contribution in [2.24, 2.45) is 0 Å². The van der Waals surface area contributed by atoms with Crippen molar-refractivity contribution in [1.29, 1.82) is 0 Å². The maximum Gasteiger partial charge on any atom is 0.239 e. The third-order valence-corrected chi connectivity index (χ3v) is 2.56. The Labute approximate surface area is 71.5 Å². The summed E-state index contributed by atoms with van der Waals surface area (Å²) in [7, 11) is 0. The molecule has 1 saturated carbocycles. The molecular formula is C8H14N2O2. The van der Waals surface area contributed by atoms with Crippen molar-refractivity contribution in [3.8, 4) is 0 Å². The van der Waals surface area contributed by atoms with Crippen molar-refractivity contribution in [3.63, 3.8) is 0 Å². The van der Waals surface area contributed by atoms with Crippen molar-refractivity contribution in [2.45, 2.75) is 24.9 Å². The van der Waals surface area contributed by atoms with Gasteiger partial charge in [0.2, 0.25) is 5.91 Å². The molecule has 1 amide bonds. The van der Waals surface area contributed by atoms with E-state index in [-0.39, 0.29) is 18.6 Å². The van der Waals surface area contributed by atoms with Crippen LogP contribution in [0.3, 0.4) is 0 Å². The Morgan fingerprint density at radius 3 is 2.92 bits per heavy atom. The van der Waals surface area contributed by atoms with Crippen molar-refractivity contribution in [3.05, 3.63) is 0 Å². The first-order chi connectivity index (χ1) is 5.83. The van der Waals surface area contributed by atoms with Crippen LogP contribution in [0.1, 0.15) is 12.8 Å². The van der Waals surface area contributed by atoms with E-state index in [0.29, 0.717) is 6.04 Å². The Balaban J connectivity index is 2.03. The molecule has 0 spiro atoms. The SMILES string of the molecule is O=C1NCCN(C2CC2)C1CO. The third-order valence-electron chi connectivity index (χ3n) is 2.56. The van der Waals surface area contributed by atoms with Crippen molar-refractivity contribution in [1.82, 2.24) is 10.2 Å². The van der Waals surface area contributed by atoms with Gasteiger partial charge < -0.3 is 10.4 Å². The molecule has 1 aliphatic carbocycles. The van der Waals surface area contributed by atoms with Crippen LogP contribution in [0.25, 0.3) is 0 Å². The summed E-state index contributed by atoms with van der Waals surface area (Å²) >= 11 is 0. The van der Waals surface area contributed by atoms with Crippen molar-refractivity contribution < 1.29 is 9.90 Å². The van der Waals surface area contributed by atoms with E-state index in [4.69, 9.17) is 5.11 Å². The van der Waals surface area contributed by atoms with Gasteiger partial charge in [0.15, 0.2) is 0 Å². The van der Waals surface area contributed by atoms with Crippen molar-refractivity contribution >= 4 is 5.91 Å². The number of piperazine rings is 1. The van der Waals surface area contributed by atoms with Crippen molar-refractivity contribution in [2.75, 3.05) is 19.7 Å². The van der Waals surface area contributed by atoms with Gasteiger partial charge in [-0.1, -0.05) is 0 Å². The first kappa shape index (κ1) is 8.01. The quantitative estimate of drug-likeness (QED) is 0.555. The van der Waals surface area contributed by atoms with Crippen LogP contribution in [0.15, 0.2) is 0 Å². The number of hydrogen-bond acceptors (Lipinski definition) is 3. The highest BCUT2D eigenvalue weighted by molar-refractivity contribution is 5.82. The first-order valence-electron chi connectivity index (χ1n) is 4.47. The Bertz CT molecular complexity index is 191. The molecule has 1 unspecified atom stereocenters. The number of hydrogen-bond donors (Lipinski definition) is 2. The summed E-state index contributed by atoms with van der Waals surface area (Å²) in [5.74, 6) is -0.0179. The van der Waals surface area contributed by atoms with E-state index in [1.165, 1.54) is 12.8 Å². The molecule has 1 saturated heterocycles. The summed E-state index contributed by atoms with van der Waals surface area (Å²) < 4.78 is 0. The lowest BCUT2D eigenvalue weighted by atomic mass is 10.2. The van der Waals surface area contributed by atoms with Crippen LogP contribution < -0.4 is 5.32 Å². The molecule has 2 rings (SSSR count). The number of carbonyl (C=O) groups is 1.